The normalized spacial score (nSPS) is 21.9. The molecule has 8 heteroatoms. The van der Waals surface area contributed by atoms with Gasteiger partial charge in [0.15, 0.2) is 0 Å². The molecule has 2 rings (SSSR count). The predicted molar refractivity (Wildman–Crippen MR) is 69.2 cm³/mol. The number of aliphatic hydroxyl groups is 1. The zero-order chi connectivity index (χ0) is 14.9. The minimum absolute atomic E-state index is 0.0209. The molecule has 0 aromatic heterocycles. The zero-order valence-corrected chi connectivity index (χ0v) is 11.0. The Morgan fingerprint density at radius 2 is 2.15 bits per heavy atom. The number of benzene rings is 1. The first-order valence-electron chi connectivity index (χ1n) is 5.82. The van der Waals surface area contributed by atoms with Gasteiger partial charge in [0.1, 0.15) is 11.9 Å². The van der Waals surface area contributed by atoms with Crippen LogP contribution >= 0.6 is 11.6 Å². The van der Waals surface area contributed by atoms with E-state index in [0.717, 1.165) is 11.0 Å². The van der Waals surface area contributed by atoms with Crippen molar-refractivity contribution in [1.82, 2.24) is 4.90 Å². The average molecular weight is 303 g/mol. The first-order valence-corrected chi connectivity index (χ1v) is 6.20. The summed E-state index contributed by atoms with van der Waals surface area (Å²) in [6.45, 7) is -0.0717. The number of likely N-dealkylation sites (tertiary alicyclic amines) is 1. The number of carboxylic acid groups (broad SMARTS) is 1. The lowest BCUT2D eigenvalue weighted by molar-refractivity contribution is -0.141. The van der Waals surface area contributed by atoms with Gasteiger partial charge in [-0.3, -0.25) is 0 Å². The van der Waals surface area contributed by atoms with E-state index in [9.17, 15) is 19.1 Å². The van der Waals surface area contributed by atoms with Crippen molar-refractivity contribution in [2.75, 3.05) is 11.9 Å². The summed E-state index contributed by atoms with van der Waals surface area (Å²) in [4.78, 5) is 24.0. The largest absolute Gasteiger partial charge is 0.480 e. The molecule has 1 aromatic carbocycles. The van der Waals surface area contributed by atoms with Crippen LogP contribution in [0.4, 0.5) is 14.9 Å². The summed E-state index contributed by atoms with van der Waals surface area (Å²) >= 11 is 5.59. The summed E-state index contributed by atoms with van der Waals surface area (Å²) in [6, 6.07) is 1.85. The van der Waals surface area contributed by atoms with Gasteiger partial charge in [-0.05, 0) is 18.2 Å². The quantitative estimate of drug-likeness (QED) is 0.773. The molecule has 0 saturated carbocycles. The molecule has 0 unspecified atom stereocenters. The van der Waals surface area contributed by atoms with E-state index >= 15 is 0 Å². The number of anilines is 1. The van der Waals surface area contributed by atoms with Gasteiger partial charge in [0.25, 0.3) is 0 Å². The molecule has 1 aliphatic rings. The standard InChI is InChI=1S/C12H12ClFN2O4/c13-8-3-6(1-2-9(8)14)15-12(20)16-5-7(17)4-10(16)11(18)19/h1-3,7,10,17H,4-5H2,(H,15,20)(H,18,19)/t7-,10-/m0/s1. The van der Waals surface area contributed by atoms with Crippen LogP contribution in [0.2, 0.25) is 5.02 Å². The molecule has 2 atom stereocenters. The van der Waals surface area contributed by atoms with E-state index < -0.39 is 30.0 Å². The summed E-state index contributed by atoms with van der Waals surface area (Å²) in [5.74, 6) is -1.81. The molecule has 0 radical (unpaired) electrons. The minimum Gasteiger partial charge on any atom is -0.480 e. The summed E-state index contributed by atoms with van der Waals surface area (Å²) < 4.78 is 13.0. The van der Waals surface area contributed by atoms with Crippen molar-refractivity contribution in [2.24, 2.45) is 0 Å². The lowest BCUT2D eigenvalue weighted by Crippen LogP contribution is -2.43. The van der Waals surface area contributed by atoms with Gasteiger partial charge in [-0.2, -0.15) is 0 Å². The number of halogens is 2. The van der Waals surface area contributed by atoms with Crippen LogP contribution in [0.25, 0.3) is 0 Å². The van der Waals surface area contributed by atoms with Crippen molar-refractivity contribution >= 4 is 29.3 Å². The topological polar surface area (TPSA) is 89.9 Å². The number of nitrogens with one attached hydrogen (secondary N) is 1. The number of aliphatic hydroxyl groups excluding tert-OH is 1. The van der Waals surface area contributed by atoms with Crippen LogP contribution in [0.5, 0.6) is 0 Å². The second kappa shape index (κ2) is 5.64. The number of rotatable bonds is 2. The highest BCUT2D eigenvalue weighted by atomic mass is 35.5. The summed E-state index contributed by atoms with van der Waals surface area (Å²) in [5.41, 5.74) is 0.243. The molecule has 0 spiro atoms. The second-order valence-corrected chi connectivity index (χ2v) is 4.86. The molecule has 0 aliphatic carbocycles. The van der Waals surface area contributed by atoms with E-state index in [1.165, 1.54) is 12.1 Å². The first kappa shape index (κ1) is 14.5. The number of nitrogens with zero attached hydrogens (tertiary/aromatic N) is 1. The summed E-state index contributed by atoms with van der Waals surface area (Å²) in [5, 5.41) is 20.7. The number of carbonyl (C=O) groups excluding carboxylic acids is 1. The van der Waals surface area contributed by atoms with Crippen molar-refractivity contribution in [3.63, 3.8) is 0 Å². The molecule has 1 fully saturated rings. The maximum atomic E-state index is 13.0. The molecule has 2 amide bonds. The number of hydrogen-bond donors (Lipinski definition) is 3. The second-order valence-electron chi connectivity index (χ2n) is 4.45. The number of carboxylic acids is 1. The highest BCUT2D eigenvalue weighted by Crippen LogP contribution is 2.22. The van der Waals surface area contributed by atoms with Gasteiger partial charge in [0.05, 0.1) is 11.1 Å². The number of hydrogen-bond acceptors (Lipinski definition) is 3. The lowest BCUT2D eigenvalue weighted by Gasteiger charge is -2.21. The smallest absolute Gasteiger partial charge is 0.326 e. The maximum absolute atomic E-state index is 13.0. The molecule has 0 bridgehead atoms. The highest BCUT2D eigenvalue weighted by molar-refractivity contribution is 6.31. The highest BCUT2D eigenvalue weighted by Gasteiger charge is 2.39. The van der Waals surface area contributed by atoms with E-state index in [1.54, 1.807) is 0 Å². The Morgan fingerprint density at radius 1 is 1.45 bits per heavy atom. The summed E-state index contributed by atoms with van der Waals surface area (Å²) in [6.07, 6.45) is -0.897. The Balaban J connectivity index is 2.11. The van der Waals surface area contributed by atoms with Gasteiger partial charge >= 0.3 is 12.0 Å². The van der Waals surface area contributed by atoms with E-state index in [1.807, 2.05) is 0 Å². The van der Waals surface area contributed by atoms with Gasteiger partial charge in [-0.15, -0.1) is 0 Å². The molecule has 6 nitrogen and oxygen atoms in total. The number of amides is 2. The van der Waals surface area contributed by atoms with Gasteiger partial charge in [0.2, 0.25) is 0 Å². The fourth-order valence-corrected chi connectivity index (χ4v) is 2.22. The summed E-state index contributed by atoms with van der Waals surface area (Å²) in [7, 11) is 0. The van der Waals surface area contributed by atoms with Crippen molar-refractivity contribution in [1.29, 1.82) is 0 Å². The van der Waals surface area contributed by atoms with Crippen LogP contribution in [-0.2, 0) is 4.79 Å². The average Bonchev–Trinajstić information content (AvgIpc) is 2.76. The molecule has 3 N–H and O–H groups in total. The van der Waals surface area contributed by atoms with Gasteiger partial charge < -0.3 is 20.4 Å². The van der Waals surface area contributed by atoms with Crippen LogP contribution in [0, 0.1) is 5.82 Å². The molecule has 20 heavy (non-hydrogen) atoms. The third-order valence-corrected chi connectivity index (χ3v) is 3.29. The number of urea groups is 1. The van der Waals surface area contributed by atoms with Gasteiger partial charge in [-0.25, -0.2) is 14.0 Å². The number of β-amino-alcohol motifs (C(OH)–C–C–N with tert-alkyl or cyclic N) is 1. The third kappa shape index (κ3) is 3.00. The third-order valence-electron chi connectivity index (χ3n) is 3.00. The molecular formula is C12H12ClFN2O4. The Bertz CT molecular complexity index is 554. The first-order chi connectivity index (χ1) is 9.38. The van der Waals surface area contributed by atoms with E-state index in [2.05, 4.69) is 5.32 Å². The van der Waals surface area contributed by atoms with Crippen LogP contribution in [0.1, 0.15) is 6.42 Å². The SMILES string of the molecule is O=C(O)[C@@H]1C[C@H](O)CN1C(=O)Nc1ccc(F)c(Cl)c1. The van der Waals surface area contributed by atoms with Crippen molar-refractivity contribution in [3.05, 3.63) is 29.0 Å². The van der Waals surface area contributed by atoms with E-state index in [-0.39, 0.29) is 23.7 Å². The lowest BCUT2D eigenvalue weighted by atomic mass is 10.2. The van der Waals surface area contributed by atoms with Crippen LogP contribution in [0.15, 0.2) is 18.2 Å². The van der Waals surface area contributed by atoms with Crippen molar-refractivity contribution < 1.29 is 24.2 Å². The maximum Gasteiger partial charge on any atom is 0.326 e. The van der Waals surface area contributed by atoms with Crippen molar-refractivity contribution in [2.45, 2.75) is 18.6 Å². The molecule has 1 aromatic rings. The zero-order valence-electron chi connectivity index (χ0n) is 10.2. The molecule has 1 saturated heterocycles. The predicted octanol–water partition coefficient (Wildman–Crippen LogP) is 1.53. The van der Waals surface area contributed by atoms with Crippen LogP contribution < -0.4 is 5.32 Å². The fourth-order valence-electron chi connectivity index (χ4n) is 2.04. The Morgan fingerprint density at radius 3 is 2.75 bits per heavy atom. The molecular weight excluding hydrogens is 291 g/mol. The monoisotopic (exact) mass is 302 g/mol. The van der Waals surface area contributed by atoms with Crippen molar-refractivity contribution in [3.8, 4) is 0 Å². The van der Waals surface area contributed by atoms with E-state index in [0.29, 0.717) is 0 Å². The van der Waals surface area contributed by atoms with Gasteiger partial charge in [-0.1, -0.05) is 11.6 Å². The van der Waals surface area contributed by atoms with Crippen LogP contribution in [-0.4, -0.2) is 45.8 Å². The molecule has 108 valence electrons. The number of carbonyl (C=O) groups is 2. The minimum atomic E-state index is -1.19. The molecule has 1 aliphatic heterocycles. The number of aliphatic carboxylic acids is 1. The Hall–Kier alpha value is -1.86. The Labute approximate surface area is 118 Å². The van der Waals surface area contributed by atoms with Crippen LogP contribution in [0.3, 0.4) is 0 Å². The molecule has 1 heterocycles. The Kier molecular flexibility index (Phi) is 4.10. The van der Waals surface area contributed by atoms with E-state index in [4.69, 9.17) is 16.7 Å². The van der Waals surface area contributed by atoms with Gasteiger partial charge in [0, 0.05) is 18.7 Å². The fraction of sp³-hybridized carbons (Fsp3) is 0.333.